The molecule has 0 atom stereocenters. The highest BCUT2D eigenvalue weighted by Gasteiger charge is 2.19. The molecule has 3 rings (SSSR count). The number of hydrogen-bond acceptors (Lipinski definition) is 3. The van der Waals surface area contributed by atoms with Gasteiger partial charge < -0.3 is 5.32 Å². The van der Waals surface area contributed by atoms with E-state index in [2.05, 4.69) is 20.5 Å². The lowest BCUT2D eigenvalue weighted by Gasteiger charge is -2.25. The molecule has 1 aliphatic heterocycles. The van der Waals surface area contributed by atoms with Gasteiger partial charge in [-0.3, -0.25) is 5.10 Å². The molecule has 1 aromatic carbocycles. The van der Waals surface area contributed by atoms with Crippen LogP contribution >= 0.6 is 0 Å². The fourth-order valence-corrected chi connectivity index (χ4v) is 1.88. The monoisotopic (exact) mass is 232 g/mol. The van der Waals surface area contributed by atoms with Crippen molar-refractivity contribution < 1.29 is 4.39 Å². The number of rotatable bonds is 3. The third kappa shape index (κ3) is 2.19. The molecule has 0 aliphatic carbocycles. The number of aromatic nitrogens is 3. The number of nitrogens with one attached hydrogen (secondary N) is 2. The Morgan fingerprint density at radius 2 is 2.00 bits per heavy atom. The molecule has 4 nitrogen and oxygen atoms in total. The smallest absolute Gasteiger partial charge is 0.181 e. The summed E-state index contributed by atoms with van der Waals surface area (Å²) in [6.07, 6.45) is 0.918. The van der Waals surface area contributed by atoms with Crippen molar-refractivity contribution in [2.75, 3.05) is 13.1 Å². The van der Waals surface area contributed by atoms with E-state index < -0.39 is 0 Å². The number of hydrogen-bond donors (Lipinski definition) is 2. The van der Waals surface area contributed by atoms with Gasteiger partial charge in [0.15, 0.2) is 5.82 Å². The maximum atomic E-state index is 12.8. The molecule has 0 radical (unpaired) electrons. The van der Waals surface area contributed by atoms with Crippen molar-refractivity contribution in [2.24, 2.45) is 5.92 Å². The Bertz CT molecular complexity index is 501. The lowest BCUT2D eigenvalue weighted by Crippen LogP contribution is -2.43. The van der Waals surface area contributed by atoms with Gasteiger partial charge in [0, 0.05) is 12.0 Å². The number of benzene rings is 1. The Balaban J connectivity index is 1.76. The lowest BCUT2D eigenvalue weighted by molar-refractivity contribution is 0.341. The SMILES string of the molecule is Fc1ccc(-c2n[nH]c(CC3CNC3)n2)cc1. The summed E-state index contributed by atoms with van der Waals surface area (Å²) in [5.74, 6) is 1.94. The van der Waals surface area contributed by atoms with Crippen LogP contribution in [0.3, 0.4) is 0 Å². The molecule has 1 saturated heterocycles. The van der Waals surface area contributed by atoms with E-state index in [9.17, 15) is 4.39 Å². The highest BCUT2D eigenvalue weighted by Crippen LogP contribution is 2.16. The van der Waals surface area contributed by atoms with Crippen LogP contribution in [0, 0.1) is 11.7 Å². The topological polar surface area (TPSA) is 53.6 Å². The first-order valence-electron chi connectivity index (χ1n) is 5.69. The van der Waals surface area contributed by atoms with Crippen LogP contribution in [0.5, 0.6) is 0 Å². The molecule has 17 heavy (non-hydrogen) atoms. The van der Waals surface area contributed by atoms with Gasteiger partial charge in [-0.2, -0.15) is 5.10 Å². The highest BCUT2D eigenvalue weighted by atomic mass is 19.1. The third-order valence-corrected chi connectivity index (χ3v) is 2.98. The van der Waals surface area contributed by atoms with Crippen molar-refractivity contribution in [2.45, 2.75) is 6.42 Å². The van der Waals surface area contributed by atoms with Gasteiger partial charge in [-0.05, 0) is 43.3 Å². The van der Waals surface area contributed by atoms with E-state index >= 15 is 0 Å². The molecule has 2 aromatic rings. The molecule has 88 valence electrons. The number of H-pyrrole nitrogens is 1. The van der Waals surface area contributed by atoms with Crippen LogP contribution in [-0.4, -0.2) is 28.3 Å². The second-order valence-electron chi connectivity index (χ2n) is 4.34. The van der Waals surface area contributed by atoms with Crippen LogP contribution in [0.15, 0.2) is 24.3 Å². The van der Waals surface area contributed by atoms with Crippen LogP contribution in [-0.2, 0) is 6.42 Å². The Labute approximate surface area is 98.3 Å². The minimum Gasteiger partial charge on any atom is -0.316 e. The van der Waals surface area contributed by atoms with Gasteiger partial charge in [-0.15, -0.1) is 0 Å². The molecular weight excluding hydrogens is 219 g/mol. The van der Waals surface area contributed by atoms with Gasteiger partial charge in [-0.1, -0.05) is 0 Å². The average Bonchev–Trinajstić information content (AvgIpc) is 2.73. The first kappa shape index (κ1) is 10.4. The van der Waals surface area contributed by atoms with Crippen molar-refractivity contribution in [1.82, 2.24) is 20.5 Å². The Kier molecular flexibility index (Phi) is 2.60. The number of nitrogens with zero attached hydrogens (tertiary/aromatic N) is 2. The predicted molar refractivity (Wildman–Crippen MR) is 61.8 cm³/mol. The summed E-state index contributed by atoms with van der Waals surface area (Å²) in [6, 6.07) is 6.21. The van der Waals surface area contributed by atoms with Crippen LogP contribution in [0.4, 0.5) is 4.39 Å². The fourth-order valence-electron chi connectivity index (χ4n) is 1.88. The predicted octanol–water partition coefficient (Wildman–Crippen LogP) is 1.37. The summed E-state index contributed by atoms with van der Waals surface area (Å²) in [5.41, 5.74) is 0.834. The Hall–Kier alpha value is -1.75. The zero-order chi connectivity index (χ0) is 11.7. The van der Waals surface area contributed by atoms with Gasteiger partial charge in [0.25, 0.3) is 0 Å². The normalized spacial score (nSPS) is 15.8. The second-order valence-corrected chi connectivity index (χ2v) is 4.34. The van der Waals surface area contributed by atoms with E-state index in [1.165, 1.54) is 12.1 Å². The summed E-state index contributed by atoms with van der Waals surface area (Å²) in [4.78, 5) is 4.42. The minimum absolute atomic E-state index is 0.245. The maximum absolute atomic E-state index is 12.8. The average molecular weight is 232 g/mol. The summed E-state index contributed by atoms with van der Waals surface area (Å²) < 4.78 is 12.8. The van der Waals surface area contributed by atoms with Crippen LogP contribution < -0.4 is 5.32 Å². The molecule has 2 heterocycles. The van der Waals surface area contributed by atoms with Crippen molar-refractivity contribution >= 4 is 0 Å². The first-order chi connectivity index (χ1) is 8.31. The molecule has 0 bridgehead atoms. The highest BCUT2D eigenvalue weighted by molar-refractivity contribution is 5.54. The first-order valence-corrected chi connectivity index (χ1v) is 5.69. The van der Waals surface area contributed by atoms with E-state index in [1.807, 2.05) is 0 Å². The second kappa shape index (κ2) is 4.25. The van der Waals surface area contributed by atoms with E-state index in [-0.39, 0.29) is 5.82 Å². The summed E-state index contributed by atoms with van der Waals surface area (Å²) in [6.45, 7) is 2.10. The third-order valence-electron chi connectivity index (χ3n) is 2.98. The molecule has 1 fully saturated rings. The van der Waals surface area contributed by atoms with Gasteiger partial charge >= 0.3 is 0 Å². The summed E-state index contributed by atoms with van der Waals surface area (Å²) >= 11 is 0. The van der Waals surface area contributed by atoms with Gasteiger partial charge in [0.2, 0.25) is 0 Å². The molecule has 0 unspecified atom stereocenters. The van der Waals surface area contributed by atoms with Gasteiger partial charge in [0.05, 0.1) is 0 Å². The summed E-state index contributed by atoms with van der Waals surface area (Å²) in [7, 11) is 0. The largest absolute Gasteiger partial charge is 0.316 e. The van der Waals surface area contributed by atoms with Crippen molar-refractivity contribution in [3.05, 3.63) is 35.9 Å². The van der Waals surface area contributed by atoms with Crippen LogP contribution in [0.25, 0.3) is 11.4 Å². The number of halogens is 1. The fraction of sp³-hybridized carbons (Fsp3) is 0.333. The van der Waals surface area contributed by atoms with Crippen molar-refractivity contribution in [1.29, 1.82) is 0 Å². The van der Waals surface area contributed by atoms with Gasteiger partial charge in [-0.25, -0.2) is 9.37 Å². The van der Waals surface area contributed by atoms with Crippen LogP contribution in [0.1, 0.15) is 5.82 Å². The zero-order valence-corrected chi connectivity index (χ0v) is 9.28. The van der Waals surface area contributed by atoms with Gasteiger partial charge in [0.1, 0.15) is 11.6 Å². The van der Waals surface area contributed by atoms with E-state index in [4.69, 9.17) is 0 Å². The number of aromatic amines is 1. The quantitative estimate of drug-likeness (QED) is 0.840. The van der Waals surface area contributed by atoms with E-state index in [0.29, 0.717) is 11.7 Å². The van der Waals surface area contributed by atoms with E-state index in [1.54, 1.807) is 12.1 Å². The molecule has 1 aliphatic rings. The molecular formula is C12H13FN4. The van der Waals surface area contributed by atoms with Crippen molar-refractivity contribution in [3.8, 4) is 11.4 Å². The lowest BCUT2D eigenvalue weighted by atomic mass is 9.99. The maximum Gasteiger partial charge on any atom is 0.181 e. The zero-order valence-electron chi connectivity index (χ0n) is 9.28. The molecule has 0 spiro atoms. The molecule has 1 aromatic heterocycles. The Morgan fingerprint density at radius 3 is 2.65 bits per heavy atom. The standard InChI is InChI=1S/C12H13FN4/c13-10-3-1-9(2-4-10)12-15-11(16-17-12)5-8-6-14-7-8/h1-4,8,14H,5-7H2,(H,15,16,17). The van der Waals surface area contributed by atoms with E-state index in [0.717, 1.165) is 30.9 Å². The molecule has 5 heteroatoms. The molecule has 0 saturated carbocycles. The molecule has 2 N–H and O–H groups in total. The Morgan fingerprint density at radius 1 is 1.24 bits per heavy atom. The summed E-state index contributed by atoms with van der Waals surface area (Å²) in [5, 5.41) is 10.3. The minimum atomic E-state index is -0.245. The van der Waals surface area contributed by atoms with Crippen molar-refractivity contribution in [3.63, 3.8) is 0 Å². The molecule has 0 amide bonds. The van der Waals surface area contributed by atoms with Crippen LogP contribution in [0.2, 0.25) is 0 Å².